The number of azo groups is 1. The Morgan fingerprint density at radius 3 is 2.07 bits per heavy atom. The normalized spacial score (nSPS) is 12.5. The molecule has 0 unspecified atom stereocenters. The van der Waals surface area contributed by atoms with Crippen molar-refractivity contribution in [3.8, 4) is 0 Å². The minimum atomic E-state index is -4.73. The molecule has 0 saturated carbocycles. The van der Waals surface area contributed by atoms with Gasteiger partial charge in [-0.3, -0.25) is 9.11 Å². The van der Waals surface area contributed by atoms with Crippen molar-refractivity contribution in [3.63, 3.8) is 0 Å². The first kappa shape index (κ1) is 20.7. The summed E-state index contributed by atoms with van der Waals surface area (Å²) in [5.41, 5.74) is 10.0. The molecule has 0 saturated heterocycles. The van der Waals surface area contributed by atoms with Crippen molar-refractivity contribution in [1.82, 2.24) is 5.53 Å². The Hall–Kier alpha value is -3.06. The molecule has 3 aromatic carbocycles. The minimum absolute atomic E-state index is 0.0726. The van der Waals surface area contributed by atoms with Gasteiger partial charge in [-0.1, -0.05) is 12.1 Å². The molecule has 0 bridgehead atoms. The summed E-state index contributed by atoms with van der Waals surface area (Å²) in [6.07, 6.45) is 0. The van der Waals surface area contributed by atoms with Crippen LogP contribution in [-0.2, 0) is 20.2 Å². The van der Waals surface area contributed by atoms with Crippen molar-refractivity contribution in [2.24, 2.45) is 15.3 Å². The summed E-state index contributed by atoms with van der Waals surface area (Å²) < 4.78 is 65.9. The van der Waals surface area contributed by atoms with Gasteiger partial charge in [0, 0.05) is 10.8 Å². The molecule has 3 rings (SSSR count). The highest BCUT2D eigenvalue weighted by molar-refractivity contribution is 7.86. The molecule has 0 aliphatic heterocycles. The Bertz CT molecular complexity index is 1380. The molecule has 0 spiro atoms. The Labute approximate surface area is 165 Å². The quantitative estimate of drug-likeness (QED) is 0.456. The number of aryl methyl sites for hydroxylation is 1. The van der Waals surface area contributed by atoms with Gasteiger partial charge in [0.2, 0.25) is 0 Å². The van der Waals surface area contributed by atoms with Crippen molar-refractivity contribution in [2.75, 3.05) is 0 Å². The monoisotopic (exact) mass is 433 g/mol. The van der Waals surface area contributed by atoms with Crippen molar-refractivity contribution in [3.05, 3.63) is 54.1 Å². The molecular formula is C17H13N4O6S2. The maximum Gasteiger partial charge on any atom is 0.295 e. The lowest BCUT2D eigenvalue weighted by atomic mass is 10.1. The fourth-order valence-electron chi connectivity index (χ4n) is 2.73. The summed E-state index contributed by atoms with van der Waals surface area (Å²) in [5.74, 6) is 0. The summed E-state index contributed by atoms with van der Waals surface area (Å²) in [6.45, 7) is 1.68. The second-order valence-electron chi connectivity index (χ2n) is 6.02. The van der Waals surface area contributed by atoms with Gasteiger partial charge in [-0.15, -0.1) is 5.11 Å². The van der Waals surface area contributed by atoms with E-state index in [0.29, 0.717) is 16.9 Å². The lowest BCUT2D eigenvalue weighted by molar-refractivity contribution is 0.481. The maximum atomic E-state index is 11.8. The predicted octanol–water partition coefficient (Wildman–Crippen LogP) is 3.94. The molecule has 0 amide bonds. The van der Waals surface area contributed by atoms with Crippen LogP contribution in [0, 0.1) is 6.92 Å². The number of rotatable bonds is 5. The number of benzene rings is 3. The SMILES string of the molecule is Cc1cc(N=[N])ccc1N=Nc1cc(S(=O)(=O)O)c2cccc(S(=O)(=O)O)c2c1. The van der Waals surface area contributed by atoms with Crippen LogP contribution in [0.15, 0.2) is 73.7 Å². The van der Waals surface area contributed by atoms with Gasteiger partial charge in [-0.05, 0) is 54.4 Å². The molecule has 2 N–H and O–H groups in total. The second-order valence-corrected chi connectivity index (χ2v) is 8.80. The van der Waals surface area contributed by atoms with Crippen LogP contribution in [0.2, 0.25) is 0 Å². The van der Waals surface area contributed by atoms with E-state index >= 15 is 0 Å². The van der Waals surface area contributed by atoms with Gasteiger partial charge < -0.3 is 0 Å². The van der Waals surface area contributed by atoms with Crippen LogP contribution in [0.25, 0.3) is 10.8 Å². The number of fused-ring (bicyclic) bond motifs is 1. The van der Waals surface area contributed by atoms with Crippen molar-refractivity contribution in [1.29, 1.82) is 0 Å². The largest absolute Gasteiger partial charge is 0.295 e. The highest BCUT2D eigenvalue weighted by Gasteiger charge is 2.21. The lowest BCUT2D eigenvalue weighted by Crippen LogP contribution is -2.03. The van der Waals surface area contributed by atoms with Crippen LogP contribution in [0.3, 0.4) is 0 Å². The van der Waals surface area contributed by atoms with E-state index in [1.165, 1.54) is 36.4 Å². The van der Waals surface area contributed by atoms with Crippen LogP contribution >= 0.6 is 0 Å². The summed E-state index contributed by atoms with van der Waals surface area (Å²) in [5, 5.41) is 10.7. The third-order valence-electron chi connectivity index (χ3n) is 4.03. The third kappa shape index (κ3) is 4.35. The first-order valence-electron chi connectivity index (χ1n) is 7.90. The zero-order valence-electron chi connectivity index (χ0n) is 14.8. The van der Waals surface area contributed by atoms with Crippen LogP contribution in [0.4, 0.5) is 17.1 Å². The molecule has 0 fully saturated rings. The maximum absolute atomic E-state index is 11.8. The van der Waals surface area contributed by atoms with Crippen LogP contribution in [0.5, 0.6) is 0 Å². The fourth-order valence-corrected chi connectivity index (χ4v) is 4.15. The molecule has 0 aliphatic carbocycles. The molecule has 29 heavy (non-hydrogen) atoms. The number of hydrogen-bond donors (Lipinski definition) is 2. The third-order valence-corrected chi connectivity index (χ3v) is 5.83. The minimum Gasteiger partial charge on any atom is -0.282 e. The first-order valence-corrected chi connectivity index (χ1v) is 10.8. The number of hydrogen-bond acceptors (Lipinski definition) is 7. The smallest absolute Gasteiger partial charge is 0.282 e. The molecule has 12 heteroatoms. The van der Waals surface area contributed by atoms with Crippen LogP contribution in [-0.4, -0.2) is 25.9 Å². The van der Waals surface area contributed by atoms with Crippen molar-refractivity contribution >= 4 is 48.1 Å². The summed E-state index contributed by atoms with van der Waals surface area (Å²) in [4.78, 5) is -1.12. The van der Waals surface area contributed by atoms with E-state index in [0.717, 1.165) is 12.1 Å². The molecule has 149 valence electrons. The van der Waals surface area contributed by atoms with E-state index in [-0.39, 0.29) is 16.5 Å². The molecule has 1 radical (unpaired) electrons. The highest BCUT2D eigenvalue weighted by atomic mass is 32.2. The summed E-state index contributed by atoms with van der Waals surface area (Å²) in [6, 6.07) is 10.4. The zero-order valence-corrected chi connectivity index (χ0v) is 16.4. The predicted molar refractivity (Wildman–Crippen MR) is 103 cm³/mol. The standard InChI is InChI=1S/C17H13N4O6S2/c1-10-7-11(19-18)5-6-15(10)21-20-12-8-14-13(17(9-12)29(25,26)27)3-2-4-16(14)28(22,23)24/h2-9H,1H3,(H,22,23,24)(H,25,26,27). The van der Waals surface area contributed by atoms with Gasteiger partial charge in [-0.2, -0.15) is 27.1 Å². The van der Waals surface area contributed by atoms with Crippen molar-refractivity contribution < 1.29 is 25.9 Å². The molecule has 0 atom stereocenters. The average Bonchev–Trinajstić information content (AvgIpc) is 2.64. The van der Waals surface area contributed by atoms with E-state index < -0.39 is 30.0 Å². The zero-order chi connectivity index (χ0) is 21.4. The van der Waals surface area contributed by atoms with Gasteiger partial charge in [0.25, 0.3) is 20.2 Å². The van der Waals surface area contributed by atoms with E-state index in [9.17, 15) is 25.9 Å². The van der Waals surface area contributed by atoms with E-state index in [4.69, 9.17) is 5.53 Å². The van der Waals surface area contributed by atoms with E-state index in [1.807, 2.05) is 0 Å². The van der Waals surface area contributed by atoms with Gasteiger partial charge in [0.05, 0.1) is 17.1 Å². The van der Waals surface area contributed by atoms with Crippen molar-refractivity contribution in [2.45, 2.75) is 16.7 Å². The van der Waals surface area contributed by atoms with Crippen LogP contribution < -0.4 is 5.53 Å². The fraction of sp³-hybridized carbons (Fsp3) is 0.0588. The molecule has 0 aliphatic rings. The van der Waals surface area contributed by atoms with Gasteiger partial charge in [-0.25, -0.2) is 0 Å². The lowest BCUT2D eigenvalue weighted by Gasteiger charge is -2.08. The average molecular weight is 433 g/mol. The Morgan fingerprint density at radius 1 is 0.793 bits per heavy atom. The van der Waals surface area contributed by atoms with E-state index in [1.54, 1.807) is 6.92 Å². The highest BCUT2D eigenvalue weighted by Crippen LogP contribution is 2.34. The number of nitrogens with zero attached hydrogens (tertiary/aromatic N) is 4. The van der Waals surface area contributed by atoms with E-state index in [2.05, 4.69) is 15.3 Å². The van der Waals surface area contributed by atoms with Gasteiger partial charge in [0.15, 0.2) is 0 Å². The topological polar surface area (TPSA) is 168 Å². The Balaban J connectivity index is 2.25. The van der Waals surface area contributed by atoms with Gasteiger partial charge >= 0.3 is 0 Å². The molecular weight excluding hydrogens is 420 g/mol. The Kier molecular flexibility index (Phi) is 5.28. The van der Waals surface area contributed by atoms with Crippen LogP contribution in [0.1, 0.15) is 5.56 Å². The molecule has 0 aromatic heterocycles. The first-order chi connectivity index (χ1) is 13.5. The van der Waals surface area contributed by atoms with Gasteiger partial charge in [0.1, 0.15) is 9.79 Å². The molecule has 0 heterocycles. The molecule has 10 nitrogen and oxygen atoms in total. The summed E-state index contributed by atoms with van der Waals surface area (Å²) >= 11 is 0. The molecule has 3 aromatic rings. The summed E-state index contributed by atoms with van der Waals surface area (Å²) in [7, 11) is -9.41. The Morgan fingerprint density at radius 2 is 1.48 bits per heavy atom. The second kappa shape index (κ2) is 7.40.